The molecule has 2 aromatic heterocycles. The van der Waals surface area contributed by atoms with Gasteiger partial charge in [-0.3, -0.25) is 9.69 Å². The maximum atomic E-state index is 12.2. The van der Waals surface area contributed by atoms with Gasteiger partial charge in [-0.25, -0.2) is 9.67 Å². The molecule has 2 heterocycles. The standard InChI is InChI=1S/C19H19BrClN5O/c1-13-16(19(21)26(24-13)15-6-4-3-5-7-15)11-25(2)12-18(27)23-17-9-8-14(20)10-22-17/h3-10H,11-12H2,1-2H3,(H,22,23,27). The number of carbonyl (C=O) groups excluding carboxylic acids is 1. The normalized spacial score (nSPS) is 11.0. The monoisotopic (exact) mass is 447 g/mol. The van der Waals surface area contributed by atoms with E-state index in [0.717, 1.165) is 21.4 Å². The molecule has 3 rings (SSSR count). The largest absolute Gasteiger partial charge is 0.310 e. The molecule has 1 aromatic carbocycles. The first-order valence-corrected chi connectivity index (χ1v) is 9.50. The van der Waals surface area contributed by atoms with Crippen molar-refractivity contribution in [1.29, 1.82) is 0 Å². The first kappa shape index (κ1) is 19.5. The fourth-order valence-electron chi connectivity index (χ4n) is 2.65. The molecule has 140 valence electrons. The van der Waals surface area contributed by atoms with Crippen molar-refractivity contribution in [1.82, 2.24) is 19.7 Å². The highest BCUT2D eigenvalue weighted by Crippen LogP contribution is 2.24. The van der Waals surface area contributed by atoms with Crippen LogP contribution in [0.25, 0.3) is 5.69 Å². The number of aryl methyl sites for hydroxylation is 1. The highest BCUT2D eigenvalue weighted by molar-refractivity contribution is 9.10. The molecule has 1 amide bonds. The van der Waals surface area contributed by atoms with Gasteiger partial charge < -0.3 is 5.32 Å². The maximum absolute atomic E-state index is 12.2. The molecule has 27 heavy (non-hydrogen) atoms. The van der Waals surface area contributed by atoms with E-state index in [1.165, 1.54) is 0 Å². The van der Waals surface area contributed by atoms with Crippen LogP contribution in [0.3, 0.4) is 0 Å². The molecule has 0 unspecified atom stereocenters. The first-order chi connectivity index (χ1) is 12.9. The second-order valence-corrected chi connectivity index (χ2v) is 7.46. The Bertz CT molecular complexity index is 927. The van der Waals surface area contributed by atoms with Gasteiger partial charge >= 0.3 is 0 Å². The van der Waals surface area contributed by atoms with E-state index in [-0.39, 0.29) is 12.5 Å². The van der Waals surface area contributed by atoms with Gasteiger partial charge in [0.25, 0.3) is 0 Å². The number of amides is 1. The van der Waals surface area contributed by atoms with Crippen LogP contribution in [0.5, 0.6) is 0 Å². The summed E-state index contributed by atoms with van der Waals surface area (Å²) in [5.41, 5.74) is 2.64. The van der Waals surface area contributed by atoms with Crippen molar-refractivity contribution in [3.8, 4) is 5.69 Å². The summed E-state index contributed by atoms with van der Waals surface area (Å²) < 4.78 is 2.57. The van der Waals surface area contributed by atoms with Gasteiger partial charge in [-0.15, -0.1) is 0 Å². The second-order valence-electron chi connectivity index (χ2n) is 6.18. The number of halogens is 2. The second kappa shape index (κ2) is 8.65. The molecule has 0 bridgehead atoms. The van der Waals surface area contributed by atoms with Crippen LogP contribution in [0.4, 0.5) is 5.82 Å². The summed E-state index contributed by atoms with van der Waals surface area (Å²) in [5.74, 6) is 0.374. The molecule has 0 radical (unpaired) electrons. The van der Waals surface area contributed by atoms with Crippen molar-refractivity contribution in [3.05, 3.63) is 69.5 Å². The zero-order chi connectivity index (χ0) is 19.4. The van der Waals surface area contributed by atoms with E-state index in [1.54, 1.807) is 16.9 Å². The molecule has 8 heteroatoms. The van der Waals surface area contributed by atoms with E-state index in [0.29, 0.717) is 17.5 Å². The Morgan fingerprint density at radius 1 is 1.26 bits per heavy atom. The molecule has 0 aliphatic rings. The summed E-state index contributed by atoms with van der Waals surface area (Å²) >= 11 is 9.87. The van der Waals surface area contributed by atoms with Crippen LogP contribution in [-0.2, 0) is 11.3 Å². The minimum Gasteiger partial charge on any atom is -0.310 e. The van der Waals surface area contributed by atoms with Crippen molar-refractivity contribution in [2.24, 2.45) is 0 Å². The predicted octanol–water partition coefficient (Wildman–Crippen LogP) is 4.06. The molecule has 6 nitrogen and oxygen atoms in total. The fourth-order valence-corrected chi connectivity index (χ4v) is 3.22. The number of hydrogen-bond acceptors (Lipinski definition) is 4. The van der Waals surface area contributed by atoms with Crippen LogP contribution < -0.4 is 5.32 Å². The van der Waals surface area contributed by atoms with Crippen LogP contribution >= 0.6 is 27.5 Å². The minimum atomic E-state index is -0.142. The Kier molecular flexibility index (Phi) is 6.26. The van der Waals surface area contributed by atoms with E-state index in [1.807, 2.05) is 55.3 Å². The van der Waals surface area contributed by atoms with Gasteiger partial charge in [-0.1, -0.05) is 29.8 Å². The smallest absolute Gasteiger partial charge is 0.239 e. The fraction of sp³-hybridized carbons (Fsp3) is 0.211. The van der Waals surface area contributed by atoms with Gasteiger partial charge in [0.1, 0.15) is 11.0 Å². The third kappa shape index (κ3) is 4.94. The van der Waals surface area contributed by atoms with E-state index >= 15 is 0 Å². The molecule has 0 aliphatic carbocycles. The Labute approximate surface area is 171 Å². The minimum absolute atomic E-state index is 0.142. The van der Waals surface area contributed by atoms with Crippen molar-refractivity contribution in [2.75, 3.05) is 18.9 Å². The van der Waals surface area contributed by atoms with Crippen LogP contribution in [-0.4, -0.2) is 39.2 Å². The van der Waals surface area contributed by atoms with Gasteiger partial charge in [0.15, 0.2) is 0 Å². The van der Waals surface area contributed by atoms with Crippen molar-refractivity contribution < 1.29 is 4.79 Å². The molecule has 0 saturated carbocycles. The van der Waals surface area contributed by atoms with E-state index in [9.17, 15) is 4.79 Å². The number of nitrogens with one attached hydrogen (secondary N) is 1. The number of rotatable bonds is 6. The van der Waals surface area contributed by atoms with Crippen molar-refractivity contribution in [3.63, 3.8) is 0 Å². The SMILES string of the molecule is Cc1nn(-c2ccccc2)c(Cl)c1CN(C)CC(=O)Nc1ccc(Br)cn1. The number of aromatic nitrogens is 3. The number of para-hydroxylation sites is 1. The van der Waals surface area contributed by atoms with Crippen molar-refractivity contribution >= 4 is 39.3 Å². The highest BCUT2D eigenvalue weighted by Gasteiger charge is 2.17. The zero-order valence-corrected chi connectivity index (χ0v) is 17.3. The maximum Gasteiger partial charge on any atom is 0.239 e. The summed E-state index contributed by atoms with van der Waals surface area (Å²) in [6.45, 7) is 2.64. The topological polar surface area (TPSA) is 63.1 Å². The Morgan fingerprint density at radius 2 is 2.00 bits per heavy atom. The number of nitrogens with zero attached hydrogens (tertiary/aromatic N) is 4. The first-order valence-electron chi connectivity index (χ1n) is 8.33. The van der Waals surface area contributed by atoms with Crippen LogP contribution in [0, 0.1) is 6.92 Å². The Balaban J connectivity index is 1.65. The lowest BCUT2D eigenvalue weighted by Crippen LogP contribution is -2.30. The Hall–Kier alpha value is -2.22. The number of anilines is 1. The summed E-state index contributed by atoms with van der Waals surface area (Å²) in [7, 11) is 1.87. The molecule has 3 aromatic rings. The summed E-state index contributed by atoms with van der Waals surface area (Å²) in [4.78, 5) is 18.3. The van der Waals surface area contributed by atoms with Crippen LogP contribution in [0.15, 0.2) is 53.1 Å². The summed E-state index contributed by atoms with van der Waals surface area (Å²) in [6, 6.07) is 13.3. The summed E-state index contributed by atoms with van der Waals surface area (Å²) in [5, 5.41) is 7.87. The van der Waals surface area contributed by atoms with Gasteiger partial charge in [0, 0.05) is 22.8 Å². The lowest BCUT2D eigenvalue weighted by atomic mass is 10.2. The number of likely N-dealkylation sites (N-methyl/N-ethyl adjacent to an activating group) is 1. The quantitative estimate of drug-likeness (QED) is 0.618. The third-order valence-electron chi connectivity index (χ3n) is 3.96. The zero-order valence-electron chi connectivity index (χ0n) is 15.0. The highest BCUT2D eigenvalue weighted by atomic mass is 79.9. The van der Waals surface area contributed by atoms with E-state index < -0.39 is 0 Å². The Morgan fingerprint density at radius 3 is 2.67 bits per heavy atom. The van der Waals surface area contributed by atoms with E-state index in [2.05, 4.69) is 31.3 Å². The average Bonchev–Trinajstić information content (AvgIpc) is 2.92. The molecular weight excluding hydrogens is 430 g/mol. The van der Waals surface area contributed by atoms with Crippen LogP contribution in [0.1, 0.15) is 11.3 Å². The van der Waals surface area contributed by atoms with Gasteiger partial charge in [0.2, 0.25) is 5.91 Å². The van der Waals surface area contributed by atoms with E-state index in [4.69, 9.17) is 11.6 Å². The number of carbonyl (C=O) groups is 1. The molecule has 0 spiro atoms. The van der Waals surface area contributed by atoms with Gasteiger partial charge in [-0.2, -0.15) is 5.10 Å². The van der Waals surface area contributed by atoms with Gasteiger partial charge in [-0.05, 0) is 54.2 Å². The number of hydrogen-bond donors (Lipinski definition) is 1. The summed E-state index contributed by atoms with van der Waals surface area (Å²) in [6.07, 6.45) is 1.64. The van der Waals surface area contributed by atoms with Gasteiger partial charge in [0.05, 0.1) is 17.9 Å². The van der Waals surface area contributed by atoms with Crippen molar-refractivity contribution in [2.45, 2.75) is 13.5 Å². The molecule has 0 fully saturated rings. The molecule has 0 aliphatic heterocycles. The lowest BCUT2D eigenvalue weighted by molar-refractivity contribution is -0.117. The van der Waals surface area contributed by atoms with Crippen LogP contribution in [0.2, 0.25) is 5.15 Å². The third-order valence-corrected chi connectivity index (χ3v) is 4.82. The molecular formula is C19H19BrClN5O. The number of pyridine rings is 1. The lowest BCUT2D eigenvalue weighted by Gasteiger charge is -2.16. The average molecular weight is 449 g/mol. The molecule has 0 saturated heterocycles. The number of benzene rings is 1. The molecule has 1 N–H and O–H groups in total. The predicted molar refractivity (Wildman–Crippen MR) is 110 cm³/mol. The molecule has 0 atom stereocenters.